The highest BCUT2D eigenvalue weighted by atomic mass is 16.4. The maximum atomic E-state index is 11.1. The minimum atomic E-state index is -1.05. The van der Waals surface area contributed by atoms with Crippen molar-refractivity contribution in [3.63, 3.8) is 0 Å². The Kier molecular flexibility index (Phi) is 2.30. The molecule has 88 valence electrons. The number of benzene rings is 1. The van der Waals surface area contributed by atoms with E-state index in [2.05, 4.69) is 10.1 Å². The zero-order chi connectivity index (χ0) is 12.5. The van der Waals surface area contributed by atoms with Crippen molar-refractivity contribution in [2.24, 2.45) is 0 Å². The fourth-order valence-electron chi connectivity index (χ4n) is 1.85. The van der Waals surface area contributed by atoms with Gasteiger partial charge in [0.15, 0.2) is 11.3 Å². The maximum Gasteiger partial charge on any atom is 0.356 e. The standard InChI is InChI=1S/C13H9N3O2/c17-13(18)11-8-10(9-4-2-1-3-5-9)12-14-6-7-16(12)15-11/h1-8H,(H,17,18). The molecule has 0 aliphatic carbocycles. The number of aromatic nitrogens is 3. The van der Waals surface area contributed by atoms with Crippen molar-refractivity contribution >= 4 is 11.6 Å². The average Bonchev–Trinajstić information content (AvgIpc) is 2.86. The van der Waals surface area contributed by atoms with Crippen LogP contribution in [-0.4, -0.2) is 25.7 Å². The summed E-state index contributed by atoms with van der Waals surface area (Å²) in [7, 11) is 0. The molecule has 0 unspecified atom stereocenters. The Balaban J connectivity index is 2.33. The van der Waals surface area contributed by atoms with Crippen molar-refractivity contribution in [3.05, 3.63) is 54.5 Å². The van der Waals surface area contributed by atoms with Crippen molar-refractivity contribution in [1.82, 2.24) is 14.6 Å². The lowest BCUT2D eigenvalue weighted by Gasteiger charge is -2.05. The number of imidazole rings is 1. The number of nitrogens with zero attached hydrogens (tertiary/aromatic N) is 3. The molecule has 2 heterocycles. The normalized spacial score (nSPS) is 10.7. The summed E-state index contributed by atoms with van der Waals surface area (Å²) in [5, 5.41) is 13.0. The van der Waals surface area contributed by atoms with Crippen LogP contribution in [0.4, 0.5) is 0 Å². The molecule has 0 atom stereocenters. The number of carbonyl (C=O) groups is 1. The van der Waals surface area contributed by atoms with E-state index in [1.165, 1.54) is 4.52 Å². The Morgan fingerprint density at radius 2 is 2.00 bits per heavy atom. The topological polar surface area (TPSA) is 67.5 Å². The molecule has 0 radical (unpaired) electrons. The molecule has 1 N–H and O–H groups in total. The van der Waals surface area contributed by atoms with Gasteiger partial charge in [-0.2, -0.15) is 5.10 Å². The first kappa shape index (κ1) is 10.5. The molecule has 5 heteroatoms. The molecular formula is C13H9N3O2. The van der Waals surface area contributed by atoms with Crippen molar-refractivity contribution in [2.45, 2.75) is 0 Å². The van der Waals surface area contributed by atoms with Crippen LogP contribution in [-0.2, 0) is 0 Å². The summed E-state index contributed by atoms with van der Waals surface area (Å²) in [6, 6.07) is 11.1. The molecule has 0 bridgehead atoms. The third-order valence-corrected chi connectivity index (χ3v) is 2.66. The van der Waals surface area contributed by atoms with Crippen LogP contribution < -0.4 is 0 Å². The van der Waals surface area contributed by atoms with E-state index in [0.29, 0.717) is 5.65 Å². The van der Waals surface area contributed by atoms with Crippen molar-refractivity contribution in [3.8, 4) is 11.1 Å². The first-order chi connectivity index (χ1) is 8.75. The third-order valence-electron chi connectivity index (χ3n) is 2.66. The van der Waals surface area contributed by atoms with Crippen LogP contribution in [0.5, 0.6) is 0 Å². The molecule has 3 rings (SSSR count). The number of hydrogen-bond acceptors (Lipinski definition) is 3. The smallest absolute Gasteiger partial charge is 0.356 e. The first-order valence-electron chi connectivity index (χ1n) is 5.39. The molecule has 5 nitrogen and oxygen atoms in total. The summed E-state index contributed by atoms with van der Waals surface area (Å²) in [6.07, 6.45) is 3.23. The van der Waals surface area contributed by atoms with E-state index in [9.17, 15) is 4.79 Å². The minimum Gasteiger partial charge on any atom is -0.476 e. The summed E-state index contributed by atoms with van der Waals surface area (Å²) >= 11 is 0. The Hall–Kier alpha value is -2.69. The monoisotopic (exact) mass is 239 g/mol. The molecule has 0 fully saturated rings. The van der Waals surface area contributed by atoms with Gasteiger partial charge in [0.1, 0.15) is 0 Å². The highest BCUT2D eigenvalue weighted by Crippen LogP contribution is 2.23. The van der Waals surface area contributed by atoms with Crippen molar-refractivity contribution in [1.29, 1.82) is 0 Å². The minimum absolute atomic E-state index is 0.000599. The summed E-state index contributed by atoms with van der Waals surface area (Å²) in [6.45, 7) is 0. The van der Waals surface area contributed by atoms with Crippen LogP contribution in [0.25, 0.3) is 16.8 Å². The van der Waals surface area contributed by atoms with Gasteiger partial charge in [-0.05, 0) is 11.6 Å². The first-order valence-corrected chi connectivity index (χ1v) is 5.39. The number of carboxylic acids is 1. The van der Waals surface area contributed by atoms with Crippen LogP contribution in [0.1, 0.15) is 10.5 Å². The Bertz CT molecular complexity index is 719. The molecule has 18 heavy (non-hydrogen) atoms. The predicted octanol–water partition coefficient (Wildman–Crippen LogP) is 2.09. The van der Waals surface area contributed by atoms with Gasteiger partial charge in [-0.3, -0.25) is 0 Å². The molecule has 2 aromatic heterocycles. The zero-order valence-corrected chi connectivity index (χ0v) is 9.32. The summed E-state index contributed by atoms with van der Waals surface area (Å²) in [5.74, 6) is -1.05. The summed E-state index contributed by atoms with van der Waals surface area (Å²) in [5.41, 5.74) is 2.32. The highest BCUT2D eigenvalue weighted by molar-refractivity contribution is 5.89. The fraction of sp³-hybridized carbons (Fsp3) is 0. The molecule has 3 aromatic rings. The molecule has 0 saturated heterocycles. The van der Waals surface area contributed by atoms with Gasteiger partial charge < -0.3 is 5.11 Å². The van der Waals surface area contributed by atoms with Crippen LogP contribution in [0, 0.1) is 0 Å². The van der Waals surface area contributed by atoms with Crippen molar-refractivity contribution < 1.29 is 9.90 Å². The SMILES string of the molecule is O=C(O)c1cc(-c2ccccc2)c2nccn2n1. The van der Waals surface area contributed by atoms with E-state index in [1.54, 1.807) is 18.5 Å². The van der Waals surface area contributed by atoms with E-state index < -0.39 is 5.97 Å². The number of hydrogen-bond donors (Lipinski definition) is 1. The Morgan fingerprint density at radius 1 is 1.22 bits per heavy atom. The molecule has 0 aliphatic rings. The predicted molar refractivity (Wildman–Crippen MR) is 65.4 cm³/mol. The van der Waals surface area contributed by atoms with E-state index in [0.717, 1.165) is 11.1 Å². The average molecular weight is 239 g/mol. The zero-order valence-electron chi connectivity index (χ0n) is 9.32. The number of aromatic carboxylic acids is 1. The lowest BCUT2D eigenvalue weighted by Crippen LogP contribution is -2.05. The van der Waals surface area contributed by atoms with Gasteiger partial charge in [-0.25, -0.2) is 14.3 Å². The van der Waals surface area contributed by atoms with Crippen LogP contribution in [0.2, 0.25) is 0 Å². The third kappa shape index (κ3) is 1.62. The summed E-state index contributed by atoms with van der Waals surface area (Å²) < 4.78 is 1.48. The van der Waals surface area contributed by atoms with Crippen LogP contribution in [0.3, 0.4) is 0 Å². The Morgan fingerprint density at radius 3 is 2.72 bits per heavy atom. The fourth-order valence-corrected chi connectivity index (χ4v) is 1.85. The van der Waals surface area contributed by atoms with Crippen molar-refractivity contribution in [2.75, 3.05) is 0 Å². The Labute approximate surface area is 102 Å². The van der Waals surface area contributed by atoms with Crippen LogP contribution >= 0.6 is 0 Å². The molecule has 0 amide bonds. The maximum absolute atomic E-state index is 11.1. The second-order valence-corrected chi connectivity index (χ2v) is 3.81. The molecular weight excluding hydrogens is 230 g/mol. The number of rotatable bonds is 2. The molecule has 0 aliphatic heterocycles. The van der Waals surface area contributed by atoms with Gasteiger partial charge >= 0.3 is 5.97 Å². The summed E-state index contributed by atoms with van der Waals surface area (Å²) in [4.78, 5) is 15.3. The van der Waals surface area contributed by atoms with E-state index in [1.807, 2.05) is 30.3 Å². The second kappa shape index (κ2) is 3.96. The largest absolute Gasteiger partial charge is 0.476 e. The quantitative estimate of drug-likeness (QED) is 0.743. The van der Waals surface area contributed by atoms with Crippen LogP contribution in [0.15, 0.2) is 48.8 Å². The molecule has 1 aromatic carbocycles. The van der Waals surface area contributed by atoms with E-state index in [-0.39, 0.29) is 5.69 Å². The highest BCUT2D eigenvalue weighted by Gasteiger charge is 2.12. The van der Waals surface area contributed by atoms with Gasteiger partial charge in [-0.1, -0.05) is 30.3 Å². The van der Waals surface area contributed by atoms with Gasteiger partial charge in [-0.15, -0.1) is 0 Å². The van der Waals surface area contributed by atoms with Gasteiger partial charge in [0.2, 0.25) is 0 Å². The van der Waals surface area contributed by atoms with E-state index >= 15 is 0 Å². The van der Waals surface area contributed by atoms with Gasteiger partial charge in [0.25, 0.3) is 0 Å². The second-order valence-electron chi connectivity index (χ2n) is 3.81. The van der Waals surface area contributed by atoms with Gasteiger partial charge in [0.05, 0.1) is 0 Å². The molecule has 0 saturated carbocycles. The molecule has 0 spiro atoms. The lowest BCUT2D eigenvalue weighted by atomic mass is 10.1. The lowest BCUT2D eigenvalue weighted by molar-refractivity contribution is 0.0689. The van der Waals surface area contributed by atoms with E-state index in [4.69, 9.17) is 5.11 Å². The number of carboxylic acid groups (broad SMARTS) is 1. The van der Waals surface area contributed by atoms with Gasteiger partial charge in [0, 0.05) is 18.0 Å². The number of fused-ring (bicyclic) bond motifs is 1.